The molecule has 1 N–H and O–H groups in total. The van der Waals surface area contributed by atoms with Gasteiger partial charge in [-0.25, -0.2) is 0 Å². The van der Waals surface area contributed by atoms with Crippen LogP contribution in [0.4, 0.5) is 5.69 Å². The predicted octanol–water partition coefficient (Wildman–Crippen LogP) is 1.43. The highest BCUT2D eigenvalue weighted by Crippen LogP contribution is 2.31. The summed E-state index contributed by atoms with van der Waals surface area (Å²) in [4.78, 5) is 2.38. The number of piperazine rings is 1. The molecule has 100 valence electrons. The highest BCUT2D eigenvalue weighted by Gasteiger charge is 2.24. The van der Waals surface area contributed by atoms with E-state index in [4.69, 9.17) is 9.47 Å². The number of hydrogen-bond acceptors (Lipinski definition) is 4. The van der Waals surface area contributed by atoms with Crippen LogP contribution in [0.3, 0.4) is 0 Å². The fourth-order valence-electron chi connectivity index (χ4n) is 2.44. The van der Waals surface area contributed by atoms with Crippen molar-refractivity contribution in [2.75, 3.05) is 45.4 Å². The van der Waals surface area contributed by atoms with Gasteiger partial charge in [-0.1, -0.05) is 6.07 Å². The van der Waals surface area contributed by atoms with Crippen molar-refractivity contribution >= 4 is 5.69 Å². The molecule has 1 aliphatic heterocycles. The van der Waals surface area contributed by atoms with Crippen molar-refractivity contribution in [2.45, 2.75) is 13.0 Å². The zero-order valence-corrected chi connectivity index (χ0v) is 11.4. The van der Waals surface area contributed by atoms with Crippen LogP contribution < -0.4 is 15.0 Å². The molecule has 18 heavy (non-hydrogen) atoms. The van der Waals surface area contributed by atoms with Gasteiger partial charge in [0, 0.05) is 26.7 Å². The number of anilines is 1. The van der Waals surface area contributed by atoms with Crippen LogP contribution in [0.15, 0.2) is 18.2 Å². The van der Waals surface area contributed by atoms with Crippen molar-refractivity contribution in [3.05, 3.63) is 23.8 Å². The maximum Gasteiger partial charge on any atom is 0.142 e. The third kappa shape index (κ3) is 2.76. The average molecular weight is 250 g/mol. The van der Waals surface area contributed by atoms with Gasteiger partial charge in [-0.15, -0.1) is 0 Å². The van der Waals surface area contributed by atoms with Crippen molar-refractivity contribution in [3.8, 4) is 5.75 Å². The first-order chi connectivity index (χ1) is 8.76. The van der Waals surface area contributed by atoms with Crippen LogP contribution in [-0.4, -0.2) is 46.5 Å². The van der Waals surface area contributed by atoms with E-state index in [1.807, 2.05) is 6.07 Å². The quantitative estimate of drug-likeness (QED) is 0.876. The van der Waals surface area contributed by atoms with Crippen molar-refractivity contribution in [3.63, 3.8) is 0 Å². The molecule has 2 rings (SSSR count). The van der Waals surface area contributed by atoms with Crippen molar-refractivity contribution in [1.82, 2.24) is 5.32 Å². The van der Waals surface area contributed by atoms with Gasteiger partial charge in [-0.3, -0.25) is 0 Å². The second kappa shape index (κ2) is 6.07. The van der Waals surface area contributed by atoms with Crippen LogP contribution in [0.5, 0.6) is 5.75 Å². The van der Waals surface area contributed by atoms with Crippen LogP contribution in [0.25, 0.3) is 0 Å². The summed E-state index contributed by atoms with van der Waals surface area (Å²) in [5.41, 5.74) is 2.42. The number of hydrogen-bond donors (Lipinski definition) is 1. The standard InChI is InChI=1S/C14H22N2O2/c1-11-4-5-14(18-3)13(8-11)16-7-6-15-9-12(16)10-17-2/h4-5,8,12,15H,6-7,9-10H2,1-3H3. The summed E-state index contributed by atoms with van der Waals surface area (Å²) in [7, 11) is 3.47. The molecule has 1 aliphatic rings. The summed E-state index contributed by atoms with van der Waals surface area (Å²) < 4.78 is 10.8. The first-order valence-corrected chi connectivity index (χ1v) is 6.37. The SMILES string of the molecule is COCC1CNCCN1c1cc(C)ccc1OC. The summed E-state index contributed by atoms with van der Waals surface area (Å²) in [6.45, 7) is 5.76. The number of ether oxygens (including phenoxy) is 2. The normalized spacial score (nSPS) is 19.9. The lowest BCUT2D eigenvalue weighted by atomic mass is 10.1. The van der Waals surface area contributed by atoms with E-state index >= 15 is 0 Å². The van der Waals surface area contributed by atoms with Crippen LogP contribution in [0, 0.1) is 6.92 Å². The van der Waals surface area contributed by atoms with E-state index in [1.54, 1.807) is 14.2 Å². The highest BCUT2D eigenvalue weighted by molar-refractivity contribution is 5.61. The largest absolute Gasteiger partial charge is 0.495 e. The summed E-state index contributed by atoms with van der Waals surface area (Å²) in [6.07, 6.45) is 0. The van der Waals surface area contributed by atoms with Gasteiger partial charge in [0.15, 0.2) is 0 Å². The lowest BCUT2D eigenvalue weighted by Crippen LogP contribution is -2.53. The van der Waals surface area contributed by atoms with E-state index in [0.29, 0.717) is 6.04 Å². The van der Waals surface area contributed by atoms with Crippen LogP contribution in [0.1, 0.15) is 5.56 Å². The van der Waals surface area contributed by atoms with Gasteiger partial charge in [0.05, 0.1) is 25.4 Å². The summed E-state index contributed by atoms with van der Waals surface area (Å²) in [6, 6.07) is 6.67. The van der Waals surface area contributed by atoms with Crippen LogP contribution >= 0.6 is 0 Å². The molecule has 1 saturated heterocycles. The lowest BCUT2D eigenvalue weighted by Gasteiger charge is -2.38. The van der Waals surface area contributed by atoms with Gasteiger partial charge in [0.25, 0.3) is 0 Å². The van der Waals surface area contributed by atoms with Crippen molar-refractivity contribution in [1.29, 1.82) is 0 Å². The zero-order valence-electron chi connectivity index (χ0n) is 11.4. The van der Waals surface area contributed by atoms with Gasteiger partial charge < -0.3 is 19.7 Å². The zero-order chi connectivity index (χ0) is 13.0. The van der Waals surface area contributed by atoms with E-state index in [9.17, 15) is 0 Å². The van der Waals surface area contributed by atoms with E-state index in [2.05, 4.69) is 29.3 Å². The molecule has 0 amide bonds. The number of nitrogens with zero attached hydrogens (tertiary/aromatic N) is 1. The summed E-state index contributed by atoms with van der Waals surface area (Å²) >= 11 is 0. The molecule has 0 aliphatic carbocycles. The van der Waals surface area contributed by atoms with Gasteiger partial charge in [0.2, 0.25) is 0 Å². The minimum Gasteiger partial charge on any atom is -0.495 e. The Morgan fingerprint density at radius 3 is 2.94 bits per heavy atom. The second-order valence-corrected chi connectivity index (χ2v) is 4.68. The van der Waals surface area contributed by atoms with Crippen LogP contribution in [-0.2, 0) is 4.74 Å². The topological polar surface area (TPSA) is 33.7 Å². The number of methoxy groups -OCH3 is 2. The van der Waals surface area contributed by atoms with Crippen molar-refractivity contribution < 1.29 is 9.47 Å². The summed E-state index contributed by atoms with van der Waals surface area (Å²) in [5.74, 6) is 0.934. The Kier molecular flexibility index (Phi) is 4.44. The molecule has 0 aromatic heterocycles. The fraction of sp³-hybridized carbons (Fsp3) is 0.571. The minimum absolute atomic E-state index is 0.361. The Morgan fingerprint density at radius 1 is 1.39 bits per heavy atom. The Labute approximate surface area is 109 Å². The highest BCUT2D eigenvalue weighted by atomic mass is 16.5. The molecule has 1 aromatic carbocycles. The molecule has 0 bridgehead atoms. The Hall–Kier alpha value is -1.26. The van der Waals surface area contributed by atoms with Gasteiger partial charge in [-0.2, -0.15) is 0 Å². The number of aryl methyl sites for hydroxylation is 1. The van der Waals surface area contributed by atoms with Gasteiger partial charge >= 0.3 is 0 Å². The van der Waals surface area contributed by atoms with E-state index < -0.39 is 0 Å². The lowest BCUT2D eigenvalue weighted by molar-refractivity contribution is 0.170. The molecular weight excluding hydrogens is 228 g/mol. The third-order valence-corrected chi connectivity index (χ3v) is 3.35. The molecule has 1 aromatic rings. The van der Waals surface area contributed by atoms with Gasteiger partial charge in [-0.05, 0) is 24.6 Å². The minimum atomic E-state index is 0.361. The molecule has 0 spiro atoms. The first-order valence-electron chi connectivity index (χ1n) is 6.37. The molecule has 4 heteroatoms. The van der Waals surface area contributed by atoms with E-state index in [-0.39, 0.29) is 0 Å². The van der Waals surface area contributed by atoms with Gasteiger partial charge in [0.1, 0.15) is 5.75 Å². The van der Waals surface area contributed by atoms with Crippen molar-refractivity contribution in [2.24, 2.45) is 0 Å². The van der Waals surface area contributed by atoms with E-state index in [1.165, 1.54) is 11.3 Å². The monoisotopic (exact) mass is 250 g/mol. The average Bonchev–Trinajstić information content (AvgIpc) is 2.40. The third-order valence-electron chi connectivity index (χ3n) is 3.35. The fourth-order valence-corrected chi connectivity index (χ4v) is 2.44. The molecule has 0 radical (unpaired) electrons. The maximum atomic E-state index is 5.48. The predicted molar refractivity (Wildman–Crippen MR) is 73.6 cm³/mol. The molecule has 4 nitrogen and oxygen atoms in total. The second-order valence-electron chi connectivity index (χ2n) is 4.68. The number of nitrogens with one attached hydrogen (secondary N) is 1. The molecule has 1 unspecified atom stereocenters. The Morgan fingerprint density at radius 2 is 2.22 bits per heavy atom. The smallest absolute Gasteiger partial charge is 0.142 e. The molecule has 1 atom stereocenters. The van der Waals surface area contributed by atoms with E-state index in [0.717, 1.165) is 32.0 Å². The molecule has 1 fully saturated rings. The molecule has 0 saturated carbocycles. The Bertz CT molecular complexity index is 393. The molecule has 1 heterocycles. The number of benzene rings is 1. The first kappa shape index (κ1) is 13.2. The number of rotatable bonds is 4. The van der Waals surface area contributed by atoms with Crippen LogP contribution in [0.2, 0.25) is 0 Å². The molecular formula is C14H22N2O2. The maximum absolute atomic E-state index is 5.48. The summed E-state index contributed by atoms with van der Waals surface area (Å²) in [5, 5.41) is 3.41. The Balaban J connectivity index is 2.29.